The number of imidazole rings is 1. The predicted molar refractivity (Wildman–Crippen MR) is 71.8 cm³/mol. The van der Waals surface area contributed by atoms with Crippen LogP contribution in [0.15, 0.2) is 36.8 Å². The highest BCUT2D eigenvalue weighted by Gasteiger charge is 2.20. The van der Waals surface area contributed by atoms with Gasteiger partial charge in [-0.25, -0.2) is 4.98 Å². The molecule has 0 bridgehead atoms. The smallest absolute Gasteiger partial charge is 0.387 e. The molecule has 21 heavy (non-hydrogen) atoms. The number of benzene rings is 1. The van der Waals surface area contributed by atoms with Crippen LogP contribution in [0.3, 0.4) is 0 Å². The van der Waals surface area contributed by atoms with Crippen LogP contribution in [0, 0.1) is 0 Å². The molecule has 1 aromatic carbocycles. The minimum absolute atomic E-state index is 0.0711. The lowest BCUT2D eigenvalue weighted by Crippen LogP contribution is -2.34. The molecule has 5 nitrogen and oxygen atoms in total. The van der Waals surface area contributed by atoms with E-state index in [1.807, 2.05) is 4.57 Å². The Morgan fingerprint density at radius 2 is 2.14 bits per heavy atom. The van der Waals surface area contributed by atoms with Gasteiger partial charge in [-0.1, -0.05) is 0 Å². The second kappa shape index (κ2) is 6.19. The highest BCUT2D eigenvalue weighted by molar-refractivity contribution is 5.39. The molecule has 1 atom stereocenters. The maximum absolute atomic E-state index is 12.1. The van der Waals surface area contributed by atoms with Gasteiger partial charge in [0.1, 0.15) is 11.9 Å². The van der Waals surface area contributed by atoms with Crippen molar-refractivity contribution in [3.63, 3.8) is 0 Å². The van der Waals surface area contributed by atoms with Crippen LogP contribution < -0.4 is 10.1 Å². The zero-order chi connectivity index (χ0) is 14.7. The van der Waals surface area contributed by atoms with Gasteiger partial charge in [0.15, 0.2) is 0 Å². The van der Waals surface area contributed by atoms with Gasteiger partial charge in [0.05, 0.1) is 24.8 Å². The van der Waals surface area contributed by atoms with Crippen LogP contribution in [0.4, 0.5) is 8.78 Å². The molecule has 2 aromatic rings. The van der Waals surface area contributed by atoms with E-state index in [-0.39, 0.29) is 11.9 Å². The summed E-state index contributed by atoms with van der Waals surface area (Å²) in [6.07, 6.45) is 3.36. The first-order chi connectivity index (χ1) is 10.2. The first-order valence-corrected chi connectivity index (χ1v) is 6.64. The summed E-state index contributed by atoms with van der Waals surface area (Å²) >= 11 is 0. The maximum atomic E-state index is 12.1. The lowest BCUT2D eigenvalue weighted by Gasteiger charge is -2.24. The zero-order valence-corrected chi connectivity index (χ0v) is 11.2. The van der Waals surface area contributed by atoms with Gasteiger partial charge in [-0.2, -0.15) is 8.78 Å². The number of nitrogens with zero attached hydrogens (tertiary/aromatic N) is 2. The van der Waals surface area contributed by atoms with Gasteiger partial charge < -0.3 is 19.4 Å². The topological polar surface area (TPSA) is 48.3 Å². The van der Waals surface area contributed by atoms with Crippen LogP contribution in [-0.2, 0) is 4.74 Å². The largest absolute Gasteiger partial charge is 0.435 e. The van der Waals surface area contributed by atoms with Crippen LogP contribution >= 0.6 is 0 Å². The van der Waals surface area contributed by atoms with E-state index in [0.717, 1.165) is 24.5 Å². The van der Waals surface area contributed by atoms with Crippen molar-refractivity contribution in [1.82, 2.24) is 14.9 Å². The monoisotopic (exact) mass is 295 g/mol. The highest BCUT2D eigenvalue weighted by Crippen LogP contribution is 2.23. The van der Waals surface area contributed by atoms with E-state index in [1.54, 1.807) is 24.7 Å². The van der Waals surface area contributed by atoms with Crippen molar-refractivity contribution in [1.29, 1.82) is 0 Å². The van der Waals surface area contributed by atoms with Crippen molar-refractivity contribution in [2.75, 3.05) is 19.7 Å². The van der Waals surface area contributed by atoms with E-state index >= 15 is 0 Å². The Morgan fingerprint density at radius 1 is 1.33 bits per heavy atom. The summed E-state index contributed by atoms with van der Waals surface area (Å²) < 4.78 is 36.2. The van der Waals surface area contributed by atoms with E-state index in [2.05, 4.69) is 15.0 Å². The number of aromatic nitrogens is 2. The number of halogens is 2. The Morgan fingerprint density at radius 3 is 2.81 bits per heavy atom. The number of morpholine rings is 1. The van der Waals surface area contributed by atoms with E-state index in [1.165, 1.54) is 12.1 Å². The average Bonchev–Trinajstić information content (AvgIpc) is 2.98. The van der Waals surface area contributed by atoms with Crippen LogP contribution in [0.5, 0.6) is 5.75 Å². The normalized spacial score (nSPS) is 18.9. The van der Waals surface area contributed by atoms with Crippen LogP contribution in [0.1, 0.15) is 11.8 Å². The summed E-state index contributed by atoms with van der Waals surface area (Å²) in [5, 5.41) is 3.26. The summed E-state index contributed by atoms with van der Waals surface area (Å²) in [4.78, 5) is 4.15. The minimum Gasteiger partial charge on any atom is -0.435 e. The second-order valence-electron chi connectivity index (χ2n) is 4.62. The molecule has 112 valence electrons. The molecule has 1 aliphatic rings. The quantitative estimate of drug-likeness (QED) is 0.939. The molecule has 1 aromatic heterocycles. The number of hydrogen-bond acceptors (Lipinski definition) is 4. The molecule has 1 unspecified atom stereocenters. The van der Waals surface area contributed by atoms with E-state index < -0.39 is 6.61 Å². The fraction of sp³-hybridized carbons (Fsp3) is 0.357. The van der Waals surface area contributed by atoms with Crippen molar-refractivity contribution < 1.29 is 18.3 Å². The maximum Gasteiger partial charge on any atom is 0.387 e. The van der Waals surface area contributed by atoms with Crippen molar-refractivity contribution in [2.45, 2.75) is 12.7 Å². The SMILES string of the molecule is FC(F)Oc1ccc(-n2cncc2C2CNCCO2)cc1. The third-order valence-electron chi connectivity index (χ3n) is 3.26. The lowest BCUT2D eigenvalue weighted by molar-refractivity contribution is -0.0498. The summed E-state index contributed by atoms with van der Waals surface area (Å²) in [6, 6.07) is 6.43. The molecule has 0 radical (unpaired) electrons. The van der Waals surface area contributed by atoms with Gasteiger partial charge in [0.25, 0.3) is 0 Å². The Balaban J connectivity index is 1.82. The first-order valence-electron chi connectivity index (χ1n) is 6.64. The van der Waals surface area contributed by atoms with Gasteiger partial charge in [-0.05, 0) is 24.3 Å². The fourth-order valence-electron chi connectivity index (χ4n) is 2.30. The molecule has 0 spiro atoms. The van der Waals surface area contributed by atoms with E-state index in [0.29, 0.717) is 6.61 Å². The zero-order valence-electron chi connectivity index (χ0n) is 11.2. The van der Waals surface area contributed by atoms with Crippen molar-refractivity contribution in [3.8, 4) is 11.4 Å². The van der Waals surface area contributed by atoms with Gasteiger partial charge in [-0.3, -0.25) is 0 Å². The molecule has 0 aliphatic carbocycles. The average molecular weight is 295 g/mol. The number of alkyl halides is 2. The Labute approximate surface area is 120 Å². The molecule has 7 heteroatoms. The first kappa shape index (κ1) is 14.0. The van der Waals surface area contributed by atoms with E-state index in [9.17, 15) is 8.78 Å². The third kappa shape index (κ3) is 3.20. The highest BCUT2D eigenvalue weighted by atomic mass is 19.3. The van der Waals surface area contributed by atoms with Gasteiger partial charge >= 0.3 is 6.61 Å². The molecule has 1 saturated heterocycles. The molecule has 1 N–H and O–H groups in total. The molecule has 2 heterocycles. The van der Waals surface area contributed by atoms with Gasteiger partial charge in [0.2, 0.25) is 0 Å². The molecule has 1 fully saturated rings. The van der Waals surface area contributed by atoms with Crippen LogP contribution in [-0.4, -0.2) is 35.9 Å². The van der Waals surface area contributed by atoms with Crippen molar-refractivity contribution in [2.24, 2.45) is 0 Å². The van der Waals surface area contributed by atoms with Gasteiger partial charge in [0, 0.05) is 18.8 Å². The summed E-state index contributed by atoms with van der Waals surface area (Å²) in [6.45, 7) is -0.610. The second-order valence-corrected chi connectivity index (χ2v) is 4.62. The molecular formula is C14H15F2N3O2. The van der Waals surface area contributed by atoms with E-state index in [4.69, 9.17) is 4.74 Å². The molecule has 0 amide bonds. The minimum atomic E-state index is -2.82. The Hall–Kier alpha value is -1.99. The summed E-state index contributed by atoms with van der Waals surface area (Å²) in [5.41, 5.74) is 1.74. The standard InChI is InChI=1S/C14H15F2N3O2/c15-14(16)21-11-3-1-10(2-4-11)19-9-18-7-12(19)13-8-17-5-6-20-13/h1-4,7,9,13-14,17H,5-6,8H2. The van der Waals surface area contributed by atoms with Crippen LogP contribution in [0.2, 0.25) is 0 Å². The van der Waals surface area contributed by atoms with Crippen molar-refractivity contribution in [3.05, 3.63) is 42.5 Å². The number of hydrogen-bond donors (Lipinski definition) is 1. The van der Waals surface area contributed by atoms with Gasteiger partial charge in [-0.15, -0.1) is 0 Å². The number of ether oxygens (including phenoxy) is 2. The fourth-order valence-corrected chi connectivity index (χ4v) is 2.30. The number of nitrogens with one attached hydrogen (secondary N) is 1. The summed E-state index contributed by atoms with van der Waals surface area (Å²) in [5.74, 6) is 0.131. The Bertz CT molecular complexity index is 580. The molecule has 1 aliphatic heterocycles. The summed E-state index contributed by atoms with van der Waals surface area (Å²) in [7, 11) is 0. The van der Waals surface area contributed by atoms with Crippen LogP contribution in [0.25, 0.3) is 5.69 Å². The third-order valence-corrected chi connectivity index (χ3v) is 3.26. The molecular weight excluding hydrogens is 280 g/mol. The molecule has 3 rings (SSSR count). The number of rotatable bonds is 4. The predicted octanol–water partition coefficient (Wildman–Crippen LogP) is 2.13. The Kier molecular flexibility index (Phi) is 4.12. The lowest BCUT2D eigenvalue weighted by atomic mass is 10.2. The van der Waals surface area contributed by atoms with Crippen molar-refractivity contribution >= 4 is 0 Å². The molecule has 0 saturated carbocycles.